The topological polar surface area (TPSA) is 97.3 Å². The van der Waals surface area contributed by atoms with Crippen LogP contribution < -0.4 is 5.32 Å². The van der Waals surface area contributed by atoms with Crippen LogP contribution in [0.15, 0.2) is 58.6 Å². The number of rotatable bonds is 5. The summed E-state index contributed by atoms with van der Waals surface area (Å²) in [5, 5.41) is 6.66. The maximum atomic E-state index is 12.9. The highest BCUT2D eigenvalue weighted by Crippen LogP contribution is 2.30. The number of anilines is 1. The minimum absolute atomic E-state index is 0.0596. The van der Waals surface area contributed by atoms with Crippen LogP contribution in [0, 0.1) is 0 Å². The van der Waals surface area contributed by atoms with E-state index in [0.717, 1.165) is 5.56 Å². The molecule has 1 fully saturated rings. The second-order valence-corrected chi connectivity index (χ2v) is 9.18. The molecule has 0 saturated carbocycles. The predicted molar refractivity (Wildman–Crippen MR) is 112 cm³/mol. The van der Waals surface area contributed by atoms with Crippen molar-refractivity contribution >= 4 is 38.9 Å². The lowest BCUT2D eigenvalue weighted by atomic mass is 10.0. The second kappa shape index (κ2) is 8.73. The summed E-state index contributed by atoms with van der Waals surface area (Å²) < 4.78 is 32.4. The smallest absolute Gasteiger partial charge is 0.273 e. The fraction of sp³-hybridized carbons (Fsp3) is 0.300. The monoisotopic (exact) mass is 449 g/mol. The van der Waals surface area contributed by atoms with Gasteiger partial charge < -0.3 is 14.9 Å². The lowest BCUT2D eigenvalue weighted by Gasteiger charge is -2.26. The Morgan fingerprint density at radius 1 is 1.13 bits per heavy atom. The molecule has 2 aromatic rings. The number of morpholine rings is 1. The Hall–Kier alpha value is -2.46. The fourth-order valence-electron chi connectivity index (χ4n) is 3.27. The van der Waals surface area contributed by atoms with Crippen LogP contribution in [0.25, 0.3) is 0 Å². The maximum absolute atomic E-state index is 12.9. The zero-order valence-corrected chi connectivity index (χ0v) is 17.5. The van der Waals surface area contributed by atoms with Gasteiger partial charge in [-0.05, 0) is 23.8 Å². The van der Waals surface area contributed by atoms with Crippen molar-refractivity contribution < 1.29 is 22.8 Å². The molecule has 2 heterocycles. The summed E-state index contributed by atoms with van der Waals surface area (Å²) >= 11 is 6.16. The van der Waals surface area contributed by atoms with Gasteiger partial charge in [0.05, 0.1) is 18.2 Å². The van der Waals surface area contributed by atoms with E-state index in [1.807, 2.05) is 30.3 Å². The third kappa shape index (κ3) is 4.34. The number of hydrogen-bond donors (Lipinski definition) is 1. The number of halogens is 1. The Bertz CT molecular complexity index is 1070. The highest BCUT2D eigenvalue weighted by Gasteiger charge is 2.30. The molecule has 10 heteroatoms. The number of benzene rings is 2. The molecule has 8 nitrogen and oxygen atoms in total. The first-order valence-corrected chi connectivity index (χ1v) is 11.2. The number of nitrogens with one attached hydrogen (secondary N) is 1. The van der Waals surface area contributed by atoms with Gasteiger partial charge in [-0.2, -0.15) is 4.31 Å². The van der Waals surface area contributed by atoms with Crippen molar-refractivity contribution in [1.82, 2.24) is 4.31 Å². The van der Waals surface area contributed by atoms with E-state index in [0.29, 0.717) is 25.3 Å². The molecular formula is C20H20ClN3O5S. The number of carbonyl (C=O) groups excluding carboxylic acids is 1. The quantitative estimate of drug-likeness (QED) is 0.757. The first kappa shape index (κ1) is 20.8. The molecule has 2 aromatic carbocycles. The summed E-state index contributed by atoms with van der Waals surface area (Å²) in [4.78, 5) is 17.9. The van der Waals surface area contributed by atoms with Gasteiger partial charge in [0.1, 0.15) is 10.6 Å². The Labute approximate surface area is 179 Å². The lowest BCUT2D eigenvalue weighted by Crippen LogP contribution is -2.40. The Balaban J connectivity index is 1.48. The highest BCUT2D eigenvalue weighted by atomic mass is 35.5. The molecule has 4 rings (SSSR count). The Kier molecular flexibility index (Phi) is 6.05. The average molecular weight is 450 g/mol. The van der Waals surface area contributed by atoms with Gasteiger partial charge in [0, 0.05) is 25.2 Å². The van der Waals surface area contributed by atoms with Crippen molar-refractivity contribution in [2.75, 3.05) is 31.6 Å². The average Bonchev–Trinajstić information content (AvgIpc) is 3.27. The van der Waals surface area contributed by atoms with E-state index in [1.54, 1.807) is 6.07 Å². The third-order valence-electron chi connectivity index (χ3n) is 4.88. The van der Waals surface area contributed by atoms with Gasteiger partial charge in [0.25, 0.3) is 5.91 Å². The van der Waals surface area contributed by atoms with Gasteiger partial charge in [-0.25, -0.2) is 8.42 Å². The highest BCUT2D eigenvalue weighted by molar-refractivity contribution is 7.89. The third-order valence-corrected chi connectivity index (χ3v) is 7.26. The SMILES string of the molecule is O=C(Nc1ccc(Cl)c(S(=O)(=O)N2CCOCC2)c1)C1=NOC(c2ccccc2)C1. The number of sulfonamides is 1. The van der Waals surface area contributed by atoms with Crippen LogP contribution in [0.5, 0.6) is 0 Å². The van der Waals surface area contributed by atoms with E-state index in [4.69, 9.17) is 21.2 Å². The van der Waals surface area contributed by atoms with Crippen LogP contribution in [0.4, 0.5) is 5.69 Å². The zero-order chi connectivity index (χ0) is 21.1. The molecule has 158 valence electrons. The number of oxime groups is 1. The molecule has 30 heavy (non-hydrogen) atoms. The van der Waals surface area contributed by atoms with Crippen LogP contribution in [0.2, 0.25) is 5.02 Å². The molecule has 1 atom stereocenters. The standard InChI is InChI=1S/C20H20ClN3O5S/c21-16-7-6-15(12-19(16)30(26,27)24-8-10-28-11-9-24)22-20(25)17-13-18(29-23-17)14-4-2-1-3-5-14/h1-7,12,18H,8-11,13H2,(H,22,25). The van der Waals surface area contributed by atoms with E-state index < -0.39 is 15.9 Å². The molecule has 1 unspecified atom stereocenters. The van der Waals surface area contributed by atoms with E-state index >= 15 is 0 Å². The fourth-order valence-corrected chi connectivity index (χ4v) is 5.17. The van der Waals surface area contributed by atoms with Crippen molar-refractivity contribution in [3.8, 4) is 0 Å². The number of nitrogens with zero attached hydrogens (tertiary/aromatic N) is 2. The molecule has 1 saturated heterocycles. The van der Waals surface area contributed by atoms with Crippen molar-refractivity contribution in [2.24, 2.45) is 5.16 Å². The summed E-state index contributed by atoms with van der Waals surface area (Å²) in [5.74, 6) is -0.453. The second-order valence-electron chi connectivity index (χ2n) is 6.86. The molecule has 2 aliphatic heterocycles. The summed E-state index contributed by atoms with van der Waals surface area (Å²) in [5.41, 5.74) is 1.47. The molecule has 1 amide bonds. The van der Waals surface area contributed by atoms with Crippen LogP contribution in [0.1, 0.15) is 18.1 Å². The number of amides is 1. The van der Waals surface area contributed by atoms with Crippen LogP contribution in [-0.2, 0) is 24.4 Å². The molecule has 0 radical (unpaired) electrons. The molecule has 0 spiro atoms. The largest absolute Gasteiger partial charge is 0.387 e. The number of ether oxygens (including phenoxy) is 1. The Morgan fingerprint density at radius 2 is 1.87 bits per heavy atom. The molecular weight excluding hydrogens is 430 g/mol. The van der Waals surface area contributed by atoms with Crippen molar-refractivity contribution in [3.63, 3.8) is 0 Å². The van der Waals surface area contributed by atoms with Gasteiger partial charge in [0.2, 0.25) is 10.0 Å². The van der Waals surface area contributed by atoms with E-state index in [-0.39, 0.29) is 34.8 Å². The number of carbonyl (C=O) groups is 1. The van der Waals surface area contributed by atoms with E-state index in [9.17, 15) is 13.2 Å². The number of hydrogen-bond acceptors (Lipinski definition) is 6. The first-order chi connectivity index (χ1) is 14.4. The van der Waals surface area contributed by atoms with Crippen LogP contribution in [-0.4, -0.2) is 50.6 Å². The minimum Gasteiger partial charge on any atom is -0.387 e. The van der Waals surface area contributed by atoms with Crippen molar-refractivity contribution in [1.29, 1.82) is 0 Å². The Morgan fingerprint density at radius 3 is 2.60 bits per heavy atom. The van der Waals surface area contributed by atoms with E-state index in [1.165, 1.54) is 16.4 Å². The summed E-state index contributed by atoms with van der Waals surface area (Å²) in [7, 11) is -3.80. The normalized spacial score (nSPS) is 19.8. The molecule has 0 aliphatic carbocycles. The van der Waals surface area contributed by atoms with Gasteiger partial charge in [-0.1, -0.05) is 47.1 Å². The van der Waals surface area contributed by atoms with E-state index in [2.05, 4.69) is 10.5 Å². The molecule has 0 aromatic heterocycles. The minimum atomic E-state index is -3.80. The zero-order valence-electron chi connectivity index (χ0n) is 16.0. The van der Waals surface area contributed by atoms with Crippen LogP contribution in [0.3, 0.4) is 0 Å². The lowest BCUT2D eigenvalue weighted by molar-refractivity contribution is -0.110. The summed E-state index contributed by atoms with van der Waals surface area (Å²) in [6.07, 6.45) is -0.00281. The van der Waals surface area contributed by atoms with Gasteiger partial charge in [0.15, 0.2) is 6.10 Å². The summed E-state index contributed by atoms with van der Waals surface area (Å²) in [6, 6.07) is 13.8. The molecule has 1 N–H and O–H groups in total. The predicted octanol–water partition coefficient (Wildman–Crippen LogP) is 2.82. The van der Waals surface area contributed by atoms with Gasteiger partial charge >= 0.3 is 0 Å². The first-order valence-electron chi connectivity index (χ1n) is 9.41. The molecule has 0 bridgehead atoms. The maximum Gasteiger partial charge on any atom is 0.273 e. The van der Waals surface area contributed by atoms with Gasteiger partial charge in [-0.3, -0.25) is 4.79 Å². The van der Waals surface area contributed by atoms with Crippen molar-refractivity contribution in [3.05, 3.63) is 59.1 Å². The van der Waals surface area contributed by atoms with Crippen LogP contribution >= 0.6 is 11.6 Å². The summed E-state index contributed by atoms with van der Waals surface area (Å²) in [6.45, 7) is 1.17. The molecule has 2 aliphatic rings. The van der Waals surface area contributed by atoms with Gasteiger partial charge in [-0.15, -0.1) is 0 Å². The van der Waals surface area contributed by atoms with Crippen molar-refractivity contribution in [2.45, 2.75) is 17.4 Å².